The third-order valence-electron chi connectivity index (χ3n) is 3.96. The van der Waals surface area contributed by atoms with E-state index in [1.165, 1.54) is 0 Å². The van der Waals surface area contributed by atoms with Gasteiger partial charge in [-0.2, -0.15) is 5.10 Å². The number of aryl methyl sites for hydroxylation is 1. The molecule has 1 unspecified atom stereocenters. The Kier molecular flexibility index (Phi) is 4.37. The van der Waals surface area contributed by atoms with E-state index in [0.717, 1.165) is 22.7 Å². The molecule has 122 valence electrons. The van der Waals surface area contributed by atoms with Crippen LogP contribution in [0.3, 0.4) is 0 Å². The molecule has 0 aromatic carbocycles. The van der Waals surface area contributed by atoms with Gasteiger partial charge in [-0.05, 0) is 25.0 Å². The van der Waals surface area contributed by atoms with Gasteiger partial charge < -0.3 is 5.32 Å². The van der Waals surface area contributed by atoms with Crippen LogP contribution in [0.15, 0.2) is 24.4 Å². The molecule has 0 aliphatic rings. The lowest BCUT2D eigenvalue weighted by atomic mass is 10.1. The van der Waals surface area contributed by atoms with Crippen molar-refractivity contribution in [3.8, 4) is 0 Å². The largest absolute Gasteiger partial charge is 0.303 e. The van der Waals surface area contributed by atoms with E-state index in [-0.39, 0.29) is 6.04 Å². The smallest absolute Gasteiger partial charge is 0.160 e. The summed E-state index contributed by atoms with van der Waals surface area (Å²) in [5.74, 6) is 1.21. The molecule has 0 radical (unpaired) electrons. The molecule has 7 heteroatoms. The summed E-state index contributed by atoms with van der Waals surface area (Å²) in [5, 5.41) is 17.2. The number of rotatable bonds is 5. The molecule has 23 heavy (non-hydrogen) atoms. The van der Waals surface area contributed by atoms with E-state index in [0.29, 0.717) is 17.6 Å². The maximum absolute atomic E-state index is 6.39. The highest BCUT2D eigenvalue weighted by Crippen LogP contribution is 2.25. The summed E-state index contributed by atoms with van der Waals surface area (Å²) >= 11 is 6.39. The summed E-state index contributed by atoms with van der Waals surface area (Å²) in [6.07, 6.45) is 1.97. The Labute approximate surface area is 140 Å². The first-order valence-corrected chi connectivity index (χ1v) is 8.11. The van der Waals surface area contributed by atoms with Gasteiger partial charge in [0.15, 0.2) is 11.5 Å². The molecule has 3 heterocycles. The number of hydrogen-bond acceptors (Lipinski definition) is 4. The Morgan fingerprint density at radius 2 is 2.00 bits per heavy atom. The van der Waals surface area contributed by atoms with Crippen molar-refractivity contribution in [3.63, 3.8) is 0 Å². The van der Waals surface area contributed by atoms with Gasteiger partial charge in [0.05, 0.1) is 11.7 Å². The van der Waals surface area contributed by atoms with Crippen molar-refractivity contribution in [2.24, 2.45) is 7.05 Å². The van der Waals surface area contributed by atoms with Gasteiger partial charge in [0.25, 0.3) is 0 Å². The van der Waals surface area contributed by atoms with Gasteiger partial charge in [-0.15, -0.1) is 10.2 Å². The van der Waals surface area contributed by atoms with Gasteiger partial charge in [-0.3, -0.25) is 9.08 Å². The first kappa shape index (κ1) is 16.0. The molecule has 3 aromatic rings. The van der Waals surface area contributed by atoms with Gasteiger partial charge in [0, 0.05) is 25.4 Å². The van der Waals surface area contributed by atoms with E-state index >= 15 is 0 Å². The maximum Gasteiger partial charge on any atom is 0.160 e. The third-order valence-corrected chi connectivity index (χ3v) is 4.43. The second-order valence-corrected chi connectivity index (χ2v) is 6.38. The second kappa shape index (κ2) is 6.29. The lowest BCUT2D eigenvalue weighted by Crippen LogP contribution is -2.21. The van der Waals surface area contributed by atoms with Gasteiger partial charge in [-0.1, -0.05) is 31.5 Å². The molecule has 0 spiro atoms. The van der Waals surface area contributed by atoms with Crippen LogP contribution < -0.4 is 5.32 Å². The predicted octanol–water partition coefficient (Wildman–Crippen LogP) is 3.09. The molecule has 0 saturated heterocycles. The van der Waals surface area contributed by atoms with Crippen molar-refractivity contribution < 1.29 is 0 Å². The summed E-state index contributed by atoms with van der Waals surface area (Å²) < 4.78 is 3.72. The first-order valence-electron chi connectivity index (χ1n) is 7.73. The standard InChI is InChI=1S/C16H21ClN6/c1-10(2)14-12(15(17)22(4)21-14)9-18-11(3)16-20-19-13-7-5-6-8-23(13)16/h5-8,10-11,18H,9H2,1-4H3. The number of halogens is 1. The Hall–Kier alpha value is -1.92. The fourth-order valence-corrected chi connectivity index (χ4v) is 2.90. The number of nitrogens with zero attached hydrogens (tertiary/aromatic N) is 5. The van der Waals surface area contributed by atoms with Crippen LogP contribution in [0, 0.1) is 0 Å². The molecule has 0 fully saturated rings. The monoisotopic (exact) mass is 332 g/mol. The molecular weight excluding hydrogens is 312 g/mol. The van der Waals surface area contributed by atoms with Gasteiger partial charge in [-0.25, -0.2) is 0 Å². The van der Waals surface area contributed by atoms with Crippen LogP contribution in [0.5, 0.6) is 0 Å². The highest BCUT2D eigenvalue weighted by molar-refractivity contribution is 6.30. The molecule has 3 rings (SSSR count). The molecule has 0 saturated carbocycles. The van der Waals surface area contributed by atoms with Crippen LogP contribution in [0.25, 0.3) is 5.65 Å². The van der Waals surface area contributed by atoms with Crippen LogP contribution >= 0.6 is 11.6 Å². The fourth-order valence-electron chi connectivity index (χ4n) is 2.70. The van der Waals surface area contributed by atoms with Crippen LogP contribution in [0.4, 0.5) is 0 Å². The highest BCUT2D eigenvalue weighted by atomic mass is 35.5. The van der Waals surface area contributed by atoms with E-state index < -0.39 is 0 Å². The minimum absolute atomic E-state index is 0.0451. The SMILES string of the molecule is CC(C)c1nn(C)c(Cl)c1CNC(C)c1nnc2ccccn12. The highest BCUT2D eigenvalue weighted by Gasteiger charge is 2.19. The summed E-state index contributed by atoms with van der Waals surface area (Å²) in [6.45, 7) is 6.96. The van der Waals surface area contributed by atoms with Crippen molar-refractivity contribution in [2.45, 2.75) is 39.3 Å². The van der Waals surface area contributed by atoms with Gasteiger partial charge in [0.1, 0.15) is 5.15 Å². The van der Waals surface area contributed by atoms with Crippen LogP contribution in [-0.2, 0) is 13.6 Å². The second-order valence-electron chi connectivity index (χ2n) is 6.02. The molecule has 0 amide bonds. The van der Waals surface area contributed by atoms with E-state index in [4.69, 9.17) is 11.6 Å². The lowest BCUT2D eigenvalue weighted by Gasteiger charge is -2.13. The summed E-state index contributed by atoms with van der Waals surface area (Å²) in [6, 6.07) is 5.92. The average Bonchev–Trinajstić information content (AvgIpc) is 3.08. The lowest BCUT2D eigenvalue weighted by molar-refractivity contribution is 0.538. The Balaban J connectivity index is 1.81. The maximum atomic E-state index is 6.39. The molecule has 6 nitrogen and oxygen atoms in total. The predicted molar refractivity (Wildman–Crippen MR) is 90.5 cm³/mol. The number of fused-ring (bicyclic) bond motifs is 1. The van der Waals surface area contributed by atoms with Crippen LogP contribution in [-0.4, -0.2) is 24.4 Å². The van der Waals surface area contributed by atoms with E-state index in [9.17, 15) is 0 Å². The molecular formula is C16H21ClN6. The molecule has 0 aliphatic carbocycles. The van der Waals surface area contributed by atoms with E-state index in [2.05, 4.69) is 41.4 Å². The minimum atomic E-state index is 0.0451. The van der Waals surface area contributed by atoms with Crippen molar-refractivity contribution in [3.05, 3.63) is 46.6 Å². The summed E-state index contributed by atoms with van der Waals surface area (Å²) in [7, 11) is 1.87. The molecule has 1 N–H and O–H groups in total. The zero-order valence-corrected chi connectivity index (χ0v) is 14.5. The van der Waals surface area contributed by atoms with Crippen molar-refractivity contribution >= 4 is 17.2 Å². The zero-order valence-electron chi connectivity index (χ0n) is 13.8. The van der Waals surface area contributed by atoms with Gasteiger partial charge >= 0.3 is 0 Å². The molecule has 3 aromatic heterocycles. The minimum Gasteiger partial charge on any atom is -0.303 e. The topological polar surface area (TPSA) is 60.0 Å². The zero-order chi connectivity index (χ0) is 16.6. The van der Waals surface area contributed by atoms with Crippen LogP contribution in [0.2, 0.25) is 5.15 Å². The van der Waals surface area contributed by atoms with Crippen molar-refractivity contribution in [2.75, 3.05) is 0 Å². The van der Waals surface area contributed by atoms with Crippen LogP contribution in [0.1, 0.15) is 49.8 Å². The van der Waals surface area contributed by atoms with E-state index in [1.807, 2.05) is 35.8 Å². The first-order chi connectivity index (χ1) is 11.0. The van der Waals surface area contributed by atoms with Gasteiger partial charge in [0.2, 0.25) is 0 Å². The van der Waals surface area contributed by atoms with E-state index in [1.54, 1.807) is 4.68 Å². The number of aromatic nitrogens is 5. The van der Waals surface area contributed by atoms with Crippen molar-refractivity contribution in [1.29, 1.82) is 0 Å². The number of nitrogens with one attached hydrogen (secondary N) is 1. The van der Waals surface area contributed by atoms with Crippen molar-refractivity contribution in [1.82, 2.24) is 29.7 Å². The number of pyridine rings is 1. The normalized spacial score (nSPS) is 13.1. The third kappa shape index (κ3) is 2.96. The Morgan fingerprint density at radius 3 is 2.74 bits per heavy atom. The molecule has 1 atom stereocenters. The Bertz CT molecular complexity index is 819. The quantitative estimate of drug-likeness (QED) is 0.780. The number of hydrogen-bond donors (Lipinski definition) is 1. The summed E-state index contributed by atoms with van der Waals surface area (Å²) in [4.78, 5) is 0. The summed E-state index contributed by atoms with van der Waals surface area (Å²) in [5.41, 5.74) is 2.92. The molecule has 0 aliphatic heterocycles. The Morgan fingerprint density at radius 1 is 1.22 bits per heavy atom. The average molecular weight is 333 g/mol. The molecule has 0 bridgehead atoms. The fraction of sp³-hybridized carbons (Fsp3) is 0.438.